The van der Waals surface area contributed by atoms with Crippen molar-refractivity contribution in [2.24, 2.45) is 0 Å². The highest BCUT2D eigenvalue weighted by molar-refractivity contribution is 5.90. The first-order chi connectivity index (χ1) is 9.06. The van der Waals surface area contributed by atoms with Crippen molar-refractivity contribution < 1.29 is 14.3 Å². The van der Waals surface area contributed by atoms with Crippen molar-refractivity contribution in [3.63, 3.8) is 0 Å². The SMILES string of the molecule is Cc1cc(C(=O)OCCC(=O)NC2CC2)ccc1N. The van der Waals surface area contributed by atoms with Gasteiger partial charge in [-0.1, -0.05) is 0 Å². The molecule has 102 valence electrons. The van der Waals surface area contributed by atoms with Crippen LogP contribution >= 0.6 is 0 Å². The molecule has 0 bridgehead atoms. The van der Waals surface area contributed by atoms with E-state index in [1.165, 1.54) is 0 Å². The maximum atomic E-state index is 11.7. The second-order valence-electron chi connectivity index (χ2n) is 4.80. The van der Waals surface area contributed by atoms with E-state index in [1.807, 2.05) is 6.92 Å². The van der Waals surface area contributed by atoms with Crippen LogP contribution in [0.2, 0.25) is 0 Å². The van der Waals surface area contributed by atoms with Gasteiger partial charge in [-0.05, 0) is 43.5 Å². The predicted molar refractivity (Wildman–Crippen MR) is 71.7 cm³/mol. The van der Waals surface area contributed by atoms with E-state index in [0.29, 0.717) is 17.3 Å². The molecule has 0 radical (unpaired) electrons. The average molecular weight is 262 g/mol. The molecule has 1 aliphatic rings. The summed E-state index contributed by atoms with van der Waals surface area (Å²) < 4.78 is 5.05. The fourth-order valence-electron chi connectivity index (χ4n) is 1.65. The molecule has 19 heavy (non-hydrogen) atoms. The van der Waals surface area contributed by atoms with Gasteiger partial charge in [0.1, 0.15) is 6.61 Å². The van der Waals surface area contributed by atoms with Crippen LogP contribution in [0.5, 0.6) is 0 Å². The van der Waals surface area contributed by atoms with Crippen molar-refractivity contribution in [1.29, 1.82) is 0 Å². The van der Waals surface area contributed by atoms with E-state index < -0.39 is 5.97 Å². The Morgan fingerprint density at radius 2 is 2.16 bits per heavy atom. The van der Waals surface area contributed by atoms with Gasteiger partial charge in [0, 0.05) is 11.7 Å². The maximum absolute atomic E-state index is 11.7. The number of amides is 1. The molecular weight excluding hydrogens is 244 g/mol. The molecule has 0 unspecified atom stereocenters. The first-order valence-electron chi connectivity index (χ1n) is 6.39. The number of nitrogens with one attached hydrogen (secondary N) is 1. The molecule has 3 N–H and O–H groups in total. The highest BCUT2D eigenvalue weighted by Gasteiger charge is 2.23. The number of hydrogen-bond donors (Lipinski definition) is 2. The zero-order chi connectivity index (χ0) is 13.8. The molecule has 1 aromatic carbocycles. The zero-order valence-corrected chi connectivity index (χ0v) is 10.9. The fraction of sp³-hybridized carbons (Fsp3) is 0.429. The van der Waals surface area contributed by atoms with Crippen LogP contribution in [0.25, 0.3) is 0 Å². The predicted octanol–water partition coefficient (Wildman–Crippen LogP) is 1.40. The third kappa shape index (κ3) is 3.98. The summed E-state index contributed by atoms with van der Waals surface area (Å²) in [5, 5.41) is 2.84. The Morgan fingerprint density at radius 1 is 1.42 bits per heavy atom. The number of carbonyl (C=O) groups excluding carboxylic acids is 2. The van der Waals surface area contributed by atoms with Crippen LogP contribution in [0, 0.1) is 6.92 Å². The molecule has 5 nitrogen and oxygen atoms in total. The van der Waals surface area contributed by atoms with Gasteiger partial charge in [0.2, 0.25) is 5.91 Å². The average Bonchev–Trinajstić information content (AvgIpc) is 3.16. The molecule has 0 heterocycles. The summed E-state index contributed by atoms with van der Waals surface area (Å²) in [5.74, 6) is -0.494. The number of rotatable bonds is 5. The normalized spacial score (nSPS) is 13.9. The van der Waals surface area contributed by atoms with Gasteiger partial charge in [0.25, 0.3) is 0 Å². The summed E-state index contributed by atoms with van der Waals surface area (Å²) in [7, 11) is 0. The number of ether oxygens (including phenoxy) is 1. The van der Waals surface area contributed by atoms with Gasteiger partial charge in [-0.25, -0.2) is 4.79 Å². The highest BCUT2D eigenvalue weighted by atomic mass is 16.5. The van der Waals surface area contributed by atoms with Crippen LogP contribution < -0.4 is 11.1 Å². The van der Waals surface area contributed by atoms with Crippen LogP contribution in [0.1, 0.15) is 35.2 Å². The molecule has 0 aromatic heterocycles. The summed E-state index contributed by atoms with van der Waals surface area (Å²) in [6.07, 6.45) is 2.31. The Labute approximate surface area is 112 Å². The van der Waals surface area contributed by atoms with Crippen molar-refractivity contribution in [2.45, 2.75) is 32.2 Å². The van der Waals surface area contributed by atoms with Gasteiger partial charge >= 0.3 is 5.97 Å². The number of nitrogens with two attached hydrogens (primary N) is 1. The van der Waals surface area contributed by atoms with Gasteiger partial charge < -0.3 is 15.8 Å². The van der Waals surface area contributed by atoms with Gasteiger partial charge in [-0.2, -0.15) is 0 Å². The quantitative estimate of drug-likeness (QED) is 0.621. The number of benzene rings is 1. The Hall–Kier alpha value is -2.04. The van der Waals surface area contributed by atoms with E-state index in [-0.39, 0.29) is 18.9 Å². The molecule has 0 saturated heterocycles. The van der Waals surface area contributed by atoms with Crippen LogP contribution in [0.15, 0.2) is 18.2 Å². The van der Waals surface area contributed by atoms with Gasteiger partial charge in [0.05, 0.1) is 12.0 Å². The minimum absolute atomic E-state index is 0.0659. The molecule has 1 saturated carbocycles. The largest absolute Gasteiger partial charge is 0.462 e. The Morgan fingerprint density at radius 3 is 2.79 bits per heavy atom. The number of anilines is 1. The van der Waals surface area contributed by atoms with Crippen LogP contribution in [0.3, 0.4) is 0 Å². The first kappa shape index (κ1) is 13.4. The standard InChI is InChI=1S/C14H18N2O3/c1-9-8-10(2-5-12(9)15)14(18)19-7-6-13(17)16-11-3-4-11/h2,5,8,11H,3-4,6-7,15H2,1H3,(H,16,17). The van der Waals surface area contributed by atoms with Crippen molar-refractivity contribution in [3.05, 3.63) is 29.3 Å². The number of carbonyl (C=O) groups is 2. The number of hydrogen-bond acceptors (Lipinski definition) is 4. The number of aryl methyl sites for hydroxylation is 1. The summed E-state index contributed by atoms with van der Waals surface area (Å²) in [4.78, 5) is 23.1. The lowest BCUT2D eigenvalue weighted by Crippen LogP contribution is -2.26. The lowest BCUT2D eigenvalue weighted by atomic mass is 10.1. The molecule has 5 heteroatoms. The lowest BCUT2D eigenvalue weighted by Gasteiger charge is -2.07. The molecule has 1 fully saturated rings. The van der Waals surface area contributed by atoms with E-state index >= 15 is 0 Å². The molecule has 1 amide bonds. The van der Waals surface area contributed by atoms with Gasteiger partial charge in [-0.3, -0.25) is 4.79 Å². The minimum atomic E-state index is -0.428. The van der Waals surface area contributed by atoms with E-state index in [0.717, 1.165) is 18.4 Å². The van der Waals surface area contributed by atoms with Gasteiger partial charge in [0.15, 0.2) is 0 Å². The first-order valence-corrected chi connectivity index (χ1v) is 6.39. The zero-order valence-electron chi connectivity index (χ0n) is 10.9. The third-order valence-electron chi connectivity index (χ3n) is 3.01. The summed E-state index contributed by atoms with van der Waals surface area (Å²) in [5.41, 5.74) is 7.60. The Balaban J connectivity index is 1.76. The Bertz CT molecular complexity index is 495. The molecule has 0 atom stereocenters. The van der Waals surface area contributed by atoms with Crippen molar-refractivity contribution >= 4 is 17.6 Å². The van der Waals surface area contributed by atoms with E-state index in [9.17, 15) is 9.59 Å². The van der Waals surface area contributed by atoms with E-state index in [1.54, 1.807) is 18.2 Å². The molecule has 1 aliphatic carbocycles. The second-order valence-corrected chi connectivity index (χ2v) is 4.80. The highest BCUT2D eigenvalue weighted by Crippen LogP contribution is 2.18. The minimum Gasteiger partial charge on any atom is -0.462 e. The molecule has 1 aromatic rings. The fourth-order valence-corrected chi connectivity index (χ4v) is 1.65. The molecule has 2 rings (SSSR count). The van der Waals surface area contributed by atoms with E-state index in [4.69, 9.17) is 10.5 Å². The van der Waals surface area contributed by atoms with Crippen LogP contribution in [-0.2, 0) is 9.53 Å². The summed E-state index contributed by atoms with van der Waals surface area (Å²) >= 11 is 0. The van der Waals surface area contributed by atoms with E-state index in [2.05, 4.69) is 5.32 Å². The third-order valence-corrected chi connectivity index (χ3v) is 3.01. The lowest BCUT2D eigenvalue weighted by molar-refractivity contribution is -0.121. The summed E-state index contributed by atoms with van der Waals surface area (Å²) in [6.45, 7) is 1.93. The molecule has 0 aliphatic heterocycles. The molecular formula is C14H18N2O3. The van der Waals surface area contributed by atoms with Crippen molar-refractivity contribution in [1.82, 2.24) is 5.32 Å². The Kier molecular flexibility index (Phi) is 4.04. The number of nitrogen functional groups attached to an aromatic ring is 1. The van der Waals surface area contributed by atoms with Crippen molar-refractivity contribution in [3.8, 4) is 0 Å². The maximum Gasteiger partial charge on any atom is 0.338 e. The van der Waals surface area contributed by atoms with Crippen molar-refractivity contribution in [2.75, 3.05) is 12.3 Å². The topological polar surface area (TPSA) is 81.4 Å². The van der Waals surface area contributed by atoms with Crippen LogP contribution in [-0.4, -0.2) is 24.5 Å². The smallest absolute Gasteiger partial charge is 0.338 e. The van der Waals surface area contributed by atoms with Crippen LogP contribution in [0.4, 0.5) is 5.69 Å². The second kappa shape index (κ2) is 5.73. The molecule has 0 spiro atoms. The monoisotopic (exact) mass is 262 g/mol. The number of esters is 1. The van der Waals surface area contributed by atoms with Gasteiger partial charge in [-0.15, -0.1) is 0 Å². The summed E-state index contributed by atoms with van der Waals surface area (Å²) in [6, 6.07) is 5.31.